The van der Waals surface area contributed by atoms with Gasteiger partial charge in [-0.05, 0) is 62.6 Å². The molecule has 1 aliphatic heterocycles. The zero-order chi connectivity index (χ0) is 27.1. The molecule has 3 aromatic heterocycles. The maximum Gasteiger partial charge on any atom is 0.345 e. The van der Waals surface area contributed by atoms with Gasteiger partial charge < -0.3 is 14.6 Å². The highest BCUT2D eigenvalue weighted by atomic mass is 32.1. The predicted molar refractivity (Wildman–Crippen MR) is 158 cm³/mol. The van der Waals surface area contributed by atoms with Gasteiger partial charge in [0, 0.05) is 36.2 Å². The first kappa shape index (κ1) is 25.8. The van der Waals surface area contributed by atoms with Crippen molar-refractivity contribution in [3.05, 3.63) is 71.1 Å². The van der Waals surface area contributed by atoms with Crippen molar-refractivity contribution in [2.75, 3.05) is 6.54 Å². The second kappa shape index (κ2) is 10.6. The first-order chi connectivity index (χ1) is 18.9. The van der Waals surface area contributed by atoms with Crippen LogP contribution in [-0.4, -0.2) is 43.1 Å². The van der Waals surface area contributed by atoms with Gasteiger partial charge in [-0.25, -0.2) is 4.79 Å². The summed E-state index contributed by atoms with van der Waals surface area (Å²) >= 11 is 1.44. The quantitative estimate of drug-likeness (QED) is 0.258. The minimum Gasteiger partial charge on any atom is -0.477 e. The summed E-state index contributed by atoms with van der Waals surface area (Å²) in [7, 11) is 0. The summed E-state index contributed by atoms with van der Waals surface area (Å²) in [6.45, 7) is 10.5. The Bertz CT molecular complexity index is 1530. The molecule has 1 saturated carbocycles. The number of aryl methyl sites for hydroxylation is 1. The molecule has 1 unspecified atom stereocenters. The molecule has 4 aromatic rings. The number of rotatable bonds is 7. The number of aromatic nitrogens is 3. The van der Waals surface area contributed by atoms with Gasteiger partial charge in [-0.2, -0.15) is 0 Å². The molecule has 0 bridgehead atoms. The topological polar surface area (TPSA) is 71.2 Å². The van der Waals surface area contributed by atoms with Crippen LogP contribution in [0.3, 0.4) is 0 Å². The number of carbonyl (C=O) groups is 1. The van der Waals surface area contributed by atoms with Gasteiger partial charge in [-0.15, -0.1) is 11.3 Å². The van der Waals surface area contributed by atoms with Crippen molar-refractivity contribution in [2.24, 2.45) is 0 Å². The zero-order valence-corrected chi connectivity index (χ0v) is 23.6. The van der Waals surface area contributed by atoms with E-state index in [-0.39, 0.29) is 0 Å². The van der Waals surface area contributed by atoms with E-state index in [2.05, 4.69) is 57.2 Å². The molecule has 0 amide bonds. The van der Waals surface area contributed by atoms with Crippen LogP contribution in [0.4, 0.5) is 0 Å². The Hall–Kier alpha value is -3.45. The van der Waals surface area contributed by atoms with Crippen LogP contribution in [0.2, 0.25) is 0 Å². The number of likely N-dealkylation sites (tertiary alicyclic amines) is 1. The number of nitrogens with zero attached hydrogens (tertiary/aromatic N) is 4. The third kappa shape index (κ3) is 4.78. The van der Waals surface area contributed by atoms with Crippen molar-refractivity contribution in [3.8, 4) is 22.5 Å². The summed E-state index contributed by atoms with van der Waals surface area (Å²) in [6, 6.07) is 11.0. The third-order valence-electron chi connectivity index (χ3n) is 8.61. The van der Waals surface area contributed by atoms with Gasteiger partial charge in [0.25, 0.3) is 0 Å². The molecule has 202 valence electrons. The maximum absolute atomic E-state index is 12.1. The van der Waals surface area contributed by atoms with Crippen molar-refractivity contribution in [2.45, 2.75) is 77.3 Å². The average molecular weight is 541 g/mol. The van der Waals surface area contributed by atoms with Gasteiger partial charge in [0.05, 0.1) is 33.8 Å². The van der Waals surface area contributed by atoms with Crippen LogP contribution in [0.5, 0.6) is 0 Å². The monoisotopic (exact) mass is 540 g/mol. The van der Waals surface area contributed by atoms with Gasteiger partial charge in [-0.3, -0.25) is 9.97 Å². The molecule has 6 rings (SSSR count). The van der Waals surface area contributed by atoms with E-state index < -0.39 is 5.97 Å². The second-order valence-electron chi connectivity index (χ2n) is 11.1. The molecule has 2 fully saturated rings. The van der Waals surface area contributed by atoms with E-state index in [0.29, 0.717) is 23.4 Å². The fraction of sp³-hybridized carbons (Fsp3) is 0.406. The predicted octanol–water partition coefficient (Wildman–Crippen LogP) is 7.88. The van der Waals surface area contributed by atoms with Crippen LogP contribution in [0.15, 0.2) is 55.0 Å². The van der Waals surface area contributed by atoms with Crippen LogP contribution < -0.4 is 0 Å². The number of aromatic carboxylic acids is 1. The minimum absolute atomic E-state index is 0.408. The van der Waals surface area contributed by atoms with Crippen molar-refractivity contribution in [1.82, 2.24) is 19.4 Å². The smallest absolute Gasteiger partial charge is 0.345 e. The summed E-state index contributed by atoms with van der Waals surface area (Å²) in [4.78, 5) is 23.9. The Labute approximate surface area is 234 Å². The number of hydrogen-bond donors (Lipinski definition) is 1. The molecule has 4 heterocycles. The normalized spacial score (nSPS) is 18.2. The second-order valence-corrected chi connectivity index (χ2v) is 12.2. The molecule has 1 saturated heterocycles. The highest BCUT2D eigenvalue weighted by Gasteiger charge is 2.30. The van der Waals surface area contributed by atoms with Gasteiger partial charge >= 0.3 is 5.97 Å². The third-order valence-corrected chi connectivity index (χ3v) is 9.76. The van der Waals surface area contributed by atoms with Gasteiger partial charge in [-0.1, -0.05) is 50.1 Å². The Morgan fingerprint density at radius 1 is 1.05 bits per heavy atom. The number of allylic oxidation sites excluding steroid dienone is 1. The van der Waals surface area contributed by atoms with E-state index in [4.69, 9.17) is 0 Å². The first-order valence-electron chi connectivity index (χ1n) is 14.1. The van der Waals surface area contributed by atoms with Crippen LogP contribution in [0, 0.1) is 6.92 Å². The lowest BCUT2D eigenvalue weighted by molar-refractivity contribution is 0.0702. The van der Waals surface area contributed by atoms with E-state index in [1.54, 1.807) is 12.4 Å². The summed E-state index contributed by atoms with van der Waals surface area (Å²) < 4.78 is 3.49. The Balaban J connectivity index is 1.52. The molecule has 0 radical (unpaired) electrons. The highest BCUT2D eigenvalue weighted by Crippen LogP contribution is 2.47. The lowest BCUT2D eigenvalue weighted by atomic mass is 9.83. The van der Waals surface area contributed by atoms with Crippen LogP contribution in [0.1, 0.15) is 78.7 Å². The fourth-order valence-corrected chi connectivity index (χ4v) is 7.78. The van der Waals surface area contributed by atoms with E-state index in [1.165, 1.54) is 54.7 Å². The molecule has 2 aliphatic rings. The van der Waals surface area contributed by atoms with Crippen molar-refractivity contribution >= 4 is 27.5 Å². The highest BCUT2D eigenvalue weighted by molar-refractivity contribution is 7.21. The number of fused-ring (bicyclic) bond motifs is 1. The standard InChI is InChI=1S/C32H36N4O2S/c1-20-8-7-17-35(20)21(2)19-36-26-18-27(32(37)38)39-31(26)28(23-9-5-4-6-10-23)30(36)25-13-11-24(12-14-25)29-22(3)33-15-16-34-29/h11-16,18,20,23H,2,4-10,17,19H2,1,3H3,(H,37,38). The summed E-state index contributed by atoms with van der Waals surface area (Å²) in [6.07, 6.45) is 11.8. The van der Waals surface area contributed by atoms with Crippen LogP contribution in [-0.2, 0) is 6.54 Å². The first-order valence-corrected chi connectivity index (χ1v) is 15.0. The molecule has 7 heteroatoms. The number of benzene rings is 1. The molecular formula is C32H36N4O2S. The van der Waals surface area contributed by atoms with Crippen molar-refractivity contribution < 1.29 is 9.90 Å². The van der Waals surface area contributed by atoms with Crippen LogP contribution in [0.25, 0.3) is 32.7 Å². The molecule has 1 atom stereocenters. The SMILES string of the molecule is C=C(Cn1c(-c2ccc(-c3nccnc3C)cc2)c(C2CCCCC2)c2sc(C(=O)O)cc21)N1CCCC1C. The summed E-state index contributed by atoms with van der Waals surface area (Å²) in [5, 5.41) is 9.90. The molecule has 1 aromatic carbocycles. The zero-order valence-electron chi connectivity index (χ0n) is 22.8. The fourth-order valence-electron chi connectivity index (χ4n) is 6.65. The lowest BCUT2D eigenvalue weighted by Gasteiger charge is -2.28. The average Bonchev–Trinajstić information content (AvgIpc) is 3.64. The Kier molecular flexibility index (Phi) is 7.02. The number of hydrogen-bond acceptors (Lipinski definition) is 5. The number of carboxylic acid groups (broad SMARTS) is 1. The van der Waals surface area contributed by atoms with E-state index in [9.17, 15) is 9.90 Å². The van der Waals surface area contributed by atoms with E-state index in [0.717, 1.165) is 57.8 Å². The molecule has 1 N–H and O–H groups in total. The number of carboxylic acids is 1. The molecule has 1 aliphatic carbocycles. The maximum atomic E-state index is 12.1. The van der Waals surface area contributed by atoms with E-state index in [1.807, 2.05) is 13.0 Å². The van der Waals surface area contributed by atoms with Gasteiger partial charge in [0.15, 0.2) is 0 Å². The van der Waals surface area contributed by atoms with Crippen molar-refractivity contribution in [1.29, 1.82) is 0 Å². The van der Waals surface area contributed by atoms with Crippen molar-refractivity contribution in [3.63, 3.8) is 0 Å². The van der Waals surface area contributed by atoms with Gasteiger partial charge in [0.2, 0.25) is 0 Å². The van der Waals surface area contributed by atoms with E-state index >= 15 is 0 Å². The Morgan fingerprint density at radius 3 is 2.44 bits per heavy atom. The van der Waals surface area contributed by atoms with Crippen LogP contribution >= 0.6 is 11.3 Å². The number of thiophene rings is 1. The Morgan fingerprint density at radius 2 is 1.77 bits per heavy atom. The molecular weight excluding hydrogens is 504 g/mol. The lowest BCUT2D eigenvalue weighted by Crippen LogP contribution is -2.28. The molecule has 6 nitrogen and oxygen atoms in total. The molecule has 39 heavy (non-hydrogen) atoms. The summed E-state index contributed by atoms with van der Waals surface area (Å²) in [5.41, 5.74) is 8.68. The largest absolute Gasteiger partial charge is 0.477 e. The minimum atomic E-state index is -0.852. The summed E-state index contributed by atoms with van der Waals surface area (Å²) in [5.74, 6) is -0.423. The molecule has 0 spiro atoms. The van der Waals surface area contributed by atoms with Gasteiger partial charge in [0.1, 0.15) is 4.88 Å².